The van der Waals surface area contributed by atoms with Gasteiger partial charge in [-0.2, -0.15) is 9.90 Å². The van der Waals surface area contributed by atoms with Gasteiger partial charge in [0, 0.05) is 36.0 Å². The number of carbonyl (C=O) groups is 1. The van der Waals surface area contributed by atoms with Gasteiger partial charge in [-0.3, -0.25) is 9.89 Å². The fourth-order valence-electron chi connectivity index (χ4n) is 2.24. The number of aromatic nitrogens is 6. The zero-order valence-corrected chi connectivity index (χ0v) is 13.2. The van der Waals surface area contributed by atoms with Gasteiger partial charge in [0.2, 0.25) is 5.82 Å². The zero-order valence-electron chi connectivity index (χ0n) is 13.2. The van der Waals surface area contributed by atoms with Crippen LogP contribution in [0.5, 0.6) is 0 Å². The second kappa shape index (κ2) is 5.99. The number of nitrogens with zero attached hydrogens (tertiary/aromatic N) is 6. The van der Waals surface area contributed by atoms with Crippen molar-refractivity contribution in [3.8, 4) is 11.4 Å². The van der Waals surface area contributed by atoms with Gasteiger partial charge < -0.3 is 4.90 Å². The van der Waals surface area contributed by atoms with E-state index in [-0.39, 0.29) is 5.91 Å². The number of nitrogens with one attached hydrogen (secondary N) is 1. The van der Waals surface area contributed by atoms with Gasteiger partial charge in [0.25, 0.3) is 5.91 Å². The number of carbonyl (C=O) groups excluding carboxylic acids is 1. The van der Waals surface area contributed by atoms with Gasteiger partial charge in [-0.15, -0.1) is 10.2 Å². The summed E-state index contributed by atoms with van der Waals surface area (Å²) in [6.07, 6.45) is 1.74. The number of hydrogen-bond acceptors (Lipinski definition) is 5. The Kier molecular flexibility index (Phi) is 3.88. The van der Waals surface area contributed by atoms with E-state index in [2.05, 4.69) is 25.6 Å². The Hall–Kier alpha value is -3.03. The van der Waals surface area contributed by atoms with Crippen LogP contribution in [0, 0.1) is 6.92 Å². The van der Waals surface area contributed by atoms with Crippen LogP contribution in [0.15, 0.2) is 30.5 Å². The van der Waals surface area contributed by atoms with Crippen molar-refractivity contribution < 1.29 is 4.79 Å². The number of aromatic amines is 1. The first kappa shape index (κ1) is 14.9. The molecule has 2 heterocycles. The van der Waals surface area contributed by atoms with Gasteiger partial charge in [0.15, 0.2) is 0 Å². The fraction of sp³-hybridized carbons (Fsp3) is 0.267. The number of amides is 1. The highest BCUT2D eigenvalue weighted by molar-refractivity contribution is 5.94. The van der Waals surface area contributed by atoms with E-state index in [0.717, 1.165) is 16.8 Å². The van der Waals surface area contributed by atoms with Crippen molar-refractivity contribution in [2.75, 3.05) is 7.05 Å². The van der Waals surface area contributed by atoms with E-state index in [9.17, 15) is 4.79 Å². The van der Waals surface area contributed by atoms with Crippen molar-refractivity contribution >= 4 is 5.91 Å². The van der Waals surface area contributed by atoms with Crippen LogP contribution in [0.3, 0.4) is 0 Å². The first-order valence-electron chi connectivity index (χ1n) is 7.13. The lowest BCUT2D eigenvalue weighted by Gasteiger charge is -2.17. The van der Waals surface area contributed by atoms with Crippen LogP contribution in [0.4, 0.5) is 0 Å². The largest absolute Gasteiger partial charge is 0.337 e. The summed E-state index contributed by atoms with van der Waals surface area (Å²) in [7, 11) is 3.48. The van der Waals surface area contributed by atoms with Gasteiger partial charge >= 0.3 is 0 Å². The third-order valence-electron chi connectivity index (χ3n) is 3.59. The Labute approximate surface area is 133 Å². The normalized spacial score (nSPS) is 10.7. The van der Waals surface area contributed by atoms with E-state index < -0.39 is 0 Å². The second-order valence-electron chi connectivity index (χ2n) is 5.36. The Morgan fingerprint density at radius 2 is 2.04 bits per heavy atom. The van der Waals surface area contributed by atoms with Crippen LogP contribution in [-0.4, -0.2) is 48.3 Å². The molecule has 8 heteroatoms. The van der Waals surface area contributed by atoms with Gasteiger partial charge in [0.1, 0.15) is 0 Å². The molecule has 23 heavy (non-hydrogen) atoms. The maximum Gasteiger partial charge on any atom is 0.253 e. The minimum absolute atomic E-state index is 0.0516. The maximum atomic E-state index is 12.5. The van der Waals surface area contributed by atoms with E-state index in [4.69, 9.17) is 0 Å². The Morgan fingerprint density at radius 1 is 1.30 bits per heavy atom. The molecule has 0 radical (unpaired) electrons. The van der Waals surface area contributed by atoms with Gasteiger partial charge in [-0.1, -0.05) is 12.1 Å². The van der Waals surface area contributed by atoms with Gasteiger partial charge in [0.05, 0.1) is 13.2 Å². The third-order valence-corrected chi connectivity index (χ3v) is 3.59. The number of H-pyrrole nitrogens is 1. The van der Waals surface area contributed by atoms with E-state index in [1.54, 1.807) is 37.3 Å². The maximum absolute atomic E-state index is 12.5. The quantitative estimate of drug-likeness (QED) is 0.781. The number of benzene rings is 1. The topological polar surface area (TPSA) is 92.6 Å². The predicted octanol–water partition coefficient (Wildman–Crippen LogP) is 1.18. The van der Waals surface area contributed by atoms with E-state index in [1.165, 1.54) is 4.80 Å². The Balaban J connectivity index is 1.73. The summed E-state index contributed by atoms with van der Waals surface area (Å²) < 4.78 is 0. The highest BCUT2D eigenvalue weighted by atomic mass is 16.2. The molecule has 0 spiro atoms. The van der Waals surface area contributed by atoms with E-state index >= 15 is 0 Å². The monoisotopic (exact) mass is 311 g/mol. The lowest BCUT2D eigenvalue weighted by molar-refractivity contribution is 0.0785. The smallest absolute Gasteiger partial charge is 0.253 e. The first-order valence-corrected chi connectivity index (χ1v) is 7.13. The highest BCUT2D eigenvalue weighted by Crippen LogP contribution is 2.16. The Morgan fingerprint density at radius 3 is 2.61 bits per heavy atom. The first-order chi connectivity index (χ1) is 11.0. The van der Waals surface area contributed by atoms with E-state index in [1.807, 2.05) is 19.1 Å². The molecule has 1 aromatic carbocycles. The van der Waals surface area contributed by atoms with E-state index in [0.29, 0.717) is 17.9 Å². The fourth-order valence-corrected chi connectivity index (χ4v) is 2.24. The molecule has 118 valence electrons. The summed E-state index contributed by atoms with van der Waals surface area (Å²) in [5.41, 5.74) is 3.40. The van der Waals surface area contributed by atoms with Crippen LogP contribution in [0.2, 0.25) is 0 Å². The molecular formula is C15H17N7O. The summed E-state index contributed by atoms with van der Waals surface area (Å²) in [4.78, 5) is 15.5. The van der Waals surface area contributed by atoms with Crippen LogP contribution in [0.1, 0.15) is 21.6 Å². The van der Waals surface area contributed by atoms with Crippen molar-refractivity contribution in [1.82, 2.24) is 35.3 Å². The predicted molar refractivity (Wildman–Crippen MR) is 83.4 cm³/mol. The minimum atomic E-state index is -0.0516. The average molecular weight is 311 g/mol. The number of tetrazole rings is 1. The molecule has 0 atom stereocenters. The highest BCUT2D eigenvalue weighted by Gasteiger charge is 2.14. The molecule has 0 aliphatic carbocycles. The molecule has 0 saturated carbocycles. The minimum Gasteiger partial charge on any atom is -0.337 e. The lowest BCUT2D eigenvalue weighted by Crippen LogP contribution is -2.26. The van der Waals surface area contributed by atoms with Gasteiger partial charge in [-0.25, -0.2) is 0 Å². The van der Waals surface area contributed by atoms with Crippen molar-refractivity contribution in [2.24, 2.45) is 7.05 Å². The summed E-state index contributed by atoms with van der Waals surface area (Å²) >= 11 is 0. The van der Waals surface area contributed by atoms with Crippen molar-refractivity contribution in [2.45, 2.75) is 13.5 Å². The molecule has 1 amide bonds. The summed E-state index contributed by atoms with van der Waals surface area (Å²) in [5.74, 6) is 0.484. The van der Waals surface area contributed by atoms with Crippen LogP contribution >= 0.6 is 0 Å². The molecule has 0 fully saturated rings. The van der Waals surface area contributed by atoms with Crippen molar-refractivity contribution in [3.05, 3.63) is 47.3 Å². The molecule has 3 aromatic rings. The second-order valence-corrected chi connectivity index (χ2v) is 5.36. The van der Waals surface area contributed by atoms with Crippen molar-refractivity contribution in [1.29, 1.82) is 0 Å². The number of hydrogen-bond donors (Lipinski definition) is 1. The number of aryl methyl sites for hydroxylation is 2. The standard InChI is InChI=1S/C15H17N7O/c1-10-13(8-16-17-10)9-21(2)15(23)12-6-4-11(5-7-12)14-18-20-22(3)19-14/h4-8H,9H2,1-3H3,(H,16,17). The van der Waals surface area contributed by atoms with Crippen LogP contribution in [-0.2, 0) is 13.6 Å². The summed E-state index contributed by atoms with van der Waals surface area (Å²) in [6.45, 7) is 2.44. The molecule has 3 rings (SSSR count). The zero-order chi connectivity index (χ0) is 16.4. The SMILES string of the molecule is Cc1[nH]ncc1CN(C)C(=O)c1ccc(-c2nnn(C)n2)cc1. The molecule has 0 aliphatic rings. The Bertz CT molecular complexity index is 818. The van der Waals surface area contributed by atoms with Crippen LogP contribution in [0.25, 0.3) is 11.4 Å². The third kappa shape index (κ3) is 3.10. The average Bonchev–Trinajstić information content (AvgIpc) is 3.16. The molecule has 0 aliphatic heterocycles. The molecule has 8 nitrogen and oxygen atoms in total. The summed E-state index contributed by atoms with van der Waals surface area (Å²) in [5, 5.41) is 18.7. The van der Waals surface area contributed by atoms with Crippen LogP contribution < -0.4 is 0 Å². The molecule has 1 N–H and O–H groups in total. The van der Waals surface area contributed by atoms with Crippen molar-refractivity contribution in [3.63, 3.8) is 0 Å². The molecular weight excluding hydrogens is 294 g/mol. The number of rotatable bonds is 4. The molecule has 0 bridgehead atoms. The lowest BCUT2D eigenvalue weighted by atomic mass is 10.1. The molecule has 0 saturated heterocycles. The summed E-state index contributed by atoms with van der Waals surface area (Å²) in [6, 6.07) is 7.18. The molecule has 0 unspecified atom stereocenters. The molecule has 2 aromatic heterocycles. The van der Waals surface area contributed by atoms with Gasteiger partial charge in [-0.05, 0) is 24.3 Å².